The first-order valence-electron chi connectivity index (χ1n) is 6.82. The number of aromatic carboxylic acids is 1. The number of carboxylic acids is 1. The average molecular weight is 326 g/mol. The Morgan fingerprint density at radius 1 is 1.42 bits per heavy atom. The maximum absolute atomic E-state index is 11.0. The van der Waals surface area contributed by atoms with Gasteiger partial charge in [-0.25, -0.2) is 4.79 Å². The lowest BCUT2D eigenvalue weighted by Crippen LogP contribution is -2.21. The molecular formula is C15H20BrNO2. The zero-order valence-electron chi connectivity index (χ0n) is 11.2. The third-order valence-electron chi connectivity index (χ3n) is 3.78. The Morgan fingerprint density at radius 2 is 2.21 bits per heavy atom. The van der Waals surface area contributed by atoms with E-state index >= 15 is 0 Å². The minimum atomic E-state index is -0.893. The molecule has 2 atom stereocenters. The van der Waals surface area contributed by atoms with Crippen molar-refractivity contribution in [2.24, 2.45) is 11.8 Å². The molecule has 0 spiro atoms. The highest BCUT2D eigenvalue weighted by Gasteiger charge is 2.18. The van der Waals surface area contributed by atoms with Crippen molar-refractivity contribution in [3.05, 3.63) is 28.2 Å². The maximum Gasteiger partial charge on any atom is 0.335 e. The topological polar surface area (TPSA) is 49.3 Å². The third kappa shape index (κ3) is 4.23. The van der Waals surface area contributed by atoms with Gasteiger partial charge in [0.25, 0.3) is 0 Å². The second kappa shape index (κ2) is 6.42. The van der Waals surface area contributed by atoms with E-state index in [0.717, 1.165) is 22.6 Å². The number of hydrogen-bond acceptors (Lipinski definition) is 2. The summed E-state index contributed by atoms with van der Waals surface area (Å²) in [5.74, 6) is 0.629. The molecule has 1 aliphatic carbocycles. The summed E-state index contributed by atoms with van der Waals surface area (Å²) in [4.78, 5) is 11.0. The van der Waals surface area contributed by atoms with Crippen LogP contribution in [0, 0.1) is 11.8 Å². The van der Waals surface area contributed by atoms with E-state index in [9.17, 15) is 4.79 Å². The molecule has 1 saturated carbocycles. The minimum Gasteiger partial charge on any atom is -0.478 e. The molecule has 4 heteroatoms. The van der Waals surface area contributed by atoms with Crippen LogP contribution in [0.15, 0.2) is 22.7 Å². The number of rotatable bonds is 4. The predicted molar refractivity (Wildman–Crippen MR) is 80.7 cm³/mol. The number of benzene rings is 1. The summed E-state index contributed by atoms with van der Waals surface area (Å²) in [5, 5.41) is 12.4. The van der Waals surface area contributed by atoms with Crippen molar-refractivity contribution in [3.63, 3.8) is 0 Å². The Kier molecular flexibility index (Phi) is 4.86. The smallest absolute Gasteiger partial charge is 0.335 e. The summed E-state index contributed by atoms with van der Waals surface area (Å²) < 4.78 is 0.798. The van der Waals surface area contributed by atoms with Crippen LogP contribution in [0.2, 0.25) is 0 Å². The van der Waals surface area contributed by atoms with Gasteiger partial charge in [0.15, 0.2) is 0 Å². The van der Waals surface area contributed by atoms with Crippen LogP contribution in [0.5, 0.6) is 0 Å². The molecule has 0 heterocycles. The fourth-order valence-corrected chi connectivity index (χ4v) is 3.32. The highest BCUT2D eigenvalue weighted by Crippen LogP contribution is 2.29. The number of anilines is 1. The van der Waals surface area contributed by atoms with Gasteiger partial charge in [-0.3, -0.25) is 0 Å². The van der Waals surface area contributed by atoms with Gasteiger partial charge < -0.3 is 10.4 Å². The first-order valence-corrected chi connectivity index (χ1v) is 7.61. The molecule has 0 aliphatic heterocycles. The number of carbonyl (C=O) groups is 1. The number of nitrogens with one attached hydrogen (secondary N) is 1. The zero-order valence-corrected chi connectivity index (χ0v) is 12.7. The summed E-state index contributed by atoms with van der Waals surface area (Å²) in [6.07, 6.45) is 5.20. The van der Waals surface area contributed by atoms with Crippen LogP contribution in [0.3, 0.4) is 0 Å². The van der Waals surface area contributed by atoms with E-state index in [4.69, 9.17) is 5.11 Å². The molecule has 0 saturated heterocycles. The highest BCUT2D eigenvalue weighted by atomic mass is 79.9. The van der Waals surface area contributed by atoms with E-state index in [-0.39, 0.29) is 0 Å². The first-order chi connectivity index (χ1) is 9.04. The van der Waals surface area contributed by atoms with E-state index in [1.54, 1.807) is 12.1 Å². The van der Waals surface area contributed by atoms with E-state index < -0.39 is 5.97 Å². The lowest BCUT2D eigenvalue weighted by molar-refractivity contribution is 0.0697. The fourth-order valence-electron chi connectivity index (χ4n) is 2.82. The standard InChI is InChI=1S/C15H20BrNO2/c1-10-3-2-4-11(5-10)9-17-14-7-12(15(18)19)6-13(16)8-14/h6-8,10-11,17H,2-5,9H2,1H3,(H,18,19). The van der Waals surface area contributed by atoms with Gasteiger partial charge in [0.05, 0.1) is 5.56 Å². The molecule has 19 heavy (non-hydrogen) atoms. The molecule has 1 aromatic rings. The Balaban J connectivity index is 1.97. The summed E-state index contributed by atoms with van der Waals surface area (Å²) >= 11 is 3.35. The molecule has 2 rings (SSSR count). The molecule has 2 unspecified atom stereocenters. The van der Waals surface area contributed by atoms with Crippen molar-refractivity contribution in [2.45, 2.75) is 32.6 Å². The quantitative estimate of drug-likeness (QED) is 0.863. The monoisotopic (exact) mass is 325 g/mol. The summed E-state index contributed by atoms with van der Waals surface area (Å²) in [7, 11) is 0. The van der Waals surface area contributed by atoms with E-state index in [0.29, 0.717) is 11.5 Å². The SMILES string of the molecule is CC1CCCC(CNc2cc(Br)cc(C(=O)O)c2)C1. The van der Waals surface area contributed by atoms with E-state index in [1.165, 1.54) is 25.7 Å². The molecule has 1 aromatic carbocycles. The van der Waals surface area contributed by atoms with Gasteiger partial charge in [0.2, 0.25) is 0 Å². The second-order valence-corrected chi connectivity index (χ2v) is 6.47. The van der Waals surface area contributed by atoms with Gasteiger partial charge in [-0.05, 0) is 42.9 Å². The van der Waals surface area contributed by atoms with Crippen LogP contribution in [0.25, 0.3) is 0 Å². The number of halogens is 1. The van der Waals surface area contributed by atoms with Crippen LogP contribution >= 0.6 is 15.9 Å². The van der Waals surface area contributed by atoms with Crippen molar-refractivity contribution in [3.8, 4) is 0 Å². The summed E-state index contributed by atoms with van der Waals surface area (Å²) in [5.41, 5.74) is 1.19. The van der Waals surface area contributed by atoms with Gasteiger partial charge in [0.1, 0.15) is 0 Å². The molecular weight excluding hydrogens is 306 g/mol. The average Bonchev–Trinajstić information content (AvgIpc) is 2.36. The molecule has 1 aliphatic rings. The molecule has 0 bridgehead atoms. The van der Waals surface area contributed by atoms with Gasteiger partial charge in [-0.15, -0.1) is 0 Å². The molecule has 0 amide bonds. The molecule has 2 N–H and O–H groups in total. The first kappa shape index (κ1) is 14.4. The van der Waals surface area contributed by atoms with Crippen molar-refractivity contribution in [1.29, 1.82) is 0 Å². The van der Waals surface area contributed by atoms with Crippen LogP contribution in [0.1, 0.15) is 43.0 Å². The zero-order chi connectivity index (χ0) is 13.8. The molecule has 104 valence electrons. The normalized spacial score (nSPS) is 23.1. The maximum atomic E-state index is 11.0. The fraction of sp³-hybridized carbons (Fsp3) is 0.533. The van der Waals surface area contributed by atoms with Crippen molar-refractivity contribution in [1.82, 2.24) is 0 Å². The molecule has 1 fully saturated rings. The Labute approximate surface area is 122 Å². The van der Waals surface area contributed by atoms with Crippen LogP contribution in [-0.4, -0.2) is 17.6 Å². The lowest BCUT2D eigenvalue weighted by Gasteiger charge is -2.27. The highest BCUT2D eigenvalue weighted by molar-refractivity contribution is 9.10. The molecule has 3 nitrogen and oxygen atoms in total. The largest absolute Gasteiger partial charge is 0.478 e. The van der Waals surface area contributed by atoms with E-state index in [1.807, 2.05) is 6.07 Å². The van der Waals surface area contributed by atoms with Crippen LogP contribution in [-0.2, 0) is 0 Å². The molecule has 0 radical (unpaired) electrons. The summed E-state index contributed by atoms with van der Waals surface area (Å²) in [6, 6.07) is 5.24. The summed E-state index contributed by atoms with van der Waals surface area (Å²) in [6.45, 7) is 3.24. The van der Waals surface area contributed by atoms with Crippen molar-refractivity contribution < 1.29 is 9.90 Å². The Bertz CT molecular complexity index is 461. The minimum absolute atomic E-state index is 0.314. The predicted octanol–water partition coefficient (Wildman–Crippen LogP) is 4.39. The second-order valence-electron chi connectivity index (χ2n) is 5.55. The van der Waals surface area contributed by atoms with Gasteiger partial charge in [-0.1, -0.05) is 35.7 Å². The third-order valence-corrected chi connectivity index (χ3v) is 4.24. The van der Waals surface area contributed by atoms with Gasteiger partial charge in [0, 0.05) is 16.7 Å². The van der Waals surface area contributed by atoms with Crippen molar-refractivity contribution >= 4 is 27.6 Å². The van der Waals surface area contributed by atoms with Gasteiger partial charge in [-0.2, -0.15) is 0 Å². The van der Waals surface area contributed by atoms with Crippen molar-refractivity contribution in [2.75, 3.05) is 11.9 Å². The molecule has 0 aromatic heterocycles. The van der Waals surface area contributed by atoms with Crippen LogP contribution < -0.4 is 5.32 Å². The Morgan fingerprint density at radius 3 is 2.89 bits per heavy atom. The number of hydrogen-bond donors (Lipinski definition) is 2. The lowest BCUT2D eigenvalue weighted by atomic mass is 9.82. The number of carboxylic acid groups (broad SMARTS) is 1. The van der Waals surface area contributed by atoms with E-state index in [2.05, 4.69) is 28.2 Å². The van der Waals surface area contributed by atoms with Gasteiger partial charge >= 0.3 is 5.97 Å². The Hall–Kier alpha value is -1.03. The van der Waals surface area contributed by atoms with Crippen LogP contribution in [0.4, 0.5) is 5.69 Å².